The molecule has 0 heterocycles. The van der Waals surface area contributed by atoms with Gasteiger partial charge in [-0.1, -0.05) is 19.8 Å². The number of carbonyl (C=O) groups is 1. The van der Waals surface area contributed by atoms with Crippen LogP contribution in [0, 0.1) is 0 Å². The second-order valence-corrected chi connectivity index (χ2v) is 4.76. The monoisotopic (exact) mass is 212 g/mol. The highest BCUT2D eigenvalue weighted by Crippen LogP contribution is 2.24. The van der Waals surface area contributed by atoms with E-state index >= 15 is 0 Å². The number of amides is 1. The largest absolute Gasteiger partial charge is 0.347 e. The molecule has 1 atom stereocenters. The fourth-order valence-electron chi connectivity index (χ4n) is 2.50. The third-order valence-electron chi connectivity index (χ3n) is 3.50. The standard InChI is InChI=1S/C12H24N2O/c1-5-11(12(15)13(2)3)14(4)10-8-6-7-9-10/h10-11H,5-9H2,1-4H3. The Bertz CT molecular complexity index is 210. The van der Waals surface area contributed by atoms with Crippen LogP contribution in [0.25, 0.3) is 0 Å². The van der Waals surface area contributed by atoms with Crippen molar-refractivity contribution in [1.29, 1.82) is 0 Å². The lowest BCUT2D eigenvalue weighted by Crippen LogP contribution is -2.47. The summed E-state index contributed by atoms with van der Waals surface area (Å²) in [6.45, 7) is 2.09. The fourth-order valence-corrected chi connectivity index (χ4v) is 2.50. The zero-order chi connectivity index (χ0) is 11.4. The van der Waals surface area contributed by atoms with Crippen molar-refractivity contribution in [3.63, 3.8) is 0 Å². The Morgan fingerprint density at radius 1 is 1.27 bits per heavy atom. The van der Waals surface area contributed by atoms with Crippen LogP contribution in [-0.2, 0) is 4.79 Å². The Morgan fingerprint density at radius 3 is 2.20 bits per heavy atom. The van der Waals surface area contributed by atoms with E-state index in [2.05, 4.69) is 18.9 Å². The first-order valence-corrected chi connectivity index (χ1v) is 6.01. The molecule has 0 radical (unpaired) electrons. The molecule has 1 rings (SSSR count). The second-order valence-electron chi connectivity index (χ2n) is 4.76. The highest BCUT2D eigenvalue weighted by atomic mass is 16.2. The molecule has 1 fully saturated rings. The number of nitrogens with zero attached hydrogens (tertiary/aromatic N) is 2. The number of carbonyl (C=O) groups excluding carboxylic acids is 1. The van der Waals surface area contributed by atoms with E-state index in [-0.39, 0.29) is 11.9 Å². The van der Waals surface area contributed by atoms with Crippen LogP contribution in [0.4, 0.5) is 0 Å². The average Bonchev–Trinajstić information content (AvgIpc) is 2.71. The highest BCUT2D eigenvalue weighted by Gasteiger charge is 2.29. The van der Waals surface area contributed by atoms with Crippen LogP contribution >= 0.6 is 0 Å². The van der Waals surface area contributed by atoms with Gasteiger partial charge in [-0.3, -0.25) is 9.69 Å². The molecular weight excluding hydrogens is 188 g/mol. The summed E-state index contributed by atoms with van der Waals surface area (Å²) in [5.74, 6) is 0.243. The summed E-state index contributed by atoms with van der Waals surface area (Å²) < 4.78 is 0. The average molecular weight is 212 g/mol. The first-order valence-electron chi connectivity index (χ1n) is 6.01. The van der Waals surface area contributed by atoms with Crippen LogP contribution in [0.1, 0.15) is 39.0 Å². The summed E-state index contributed by atoms with van der Waals surface area (Å²) in [5, 5.41) is 0. The van der Waals surface area contributed by atoms with Gasteiger partial charge in [0.2, 0.25) is 5.91 Å². The van der Waals surface area contributed by atoms with E-state index in [4.69, 9.17) is 0 Å². The first kappa shape index (κ1) is 12.5. The molecule has 1 amide bonds. The molecule has 1 aliphatic rings. The molecule has 0 N–H and O–H groups in total. The molecule has 0 aromatic rings. The Labute approximate surface area is 93.4 Å². The van der Waals surface area contributed by atoms with Crippen molar-refractivity contribution in [3.05, 3.63) is 0 Å². The summed E-state index contributed by atoms with van der Waals surface area (Å²) in [4.78, 5) is 16.0. The zero-order valence-electron chi connectivity index (χ0n) is 10.5. The van der Waals surface area contributed by atoms with E-state index in [0.29, 0.717) is 6.04 Å². The van der Waals surface area contributed by atoms with Gasteiger partial charge >= 0.3 is 0 Å². The number of hydrogen-bond acceptors (Lipinski definition) is 2. The minimum Gasteiger partial charge on any atom is -0.347 e. The fraction of sp³-hybridized carbons (Fsp3) is 0.917. The predicted molar refractivity (Wildman–Crippen MR) is 62.8 cm³/mol. The van der Waals surface area contributed by atoms with Crippen molar-refractivity contribution >= 4 is 5.91 Å². The van der Waals surface area contributed by atoms with Gasteiger partial charge in [-0.05, 0) is 26.3 Å². The van der Waals surface area contributed by atoms with Gasteiger partial charge in [0.15, 0.2) is 0 Å². The molecule has 1 saturated carbocycles. The summed E-state index contributed by atoms with van der Waals surface area (Å²) in [6.07, 6.45) is 6.06. The minimum atomic E-state index is 0.0723. The number of likely N-dealkylation sites (N-methyl/N-ethyl adjacent to an activating group) is 2. The lowest BCUT2D eigenvalue weighted by Gasteiger charge is -2.33. The third-order valence-corrected chi connectivity index (χ3v) is 3.50. The minimum absolute atomic E-state index is 0.0723. The van der Waals surface area contributed by atoms with Crippen LogP contribution in [0.3, 0.4) is 0 Å². The molecule has 0 saturated heterocycles. The van der Waals surface area contributed by atoms with Crippen molar-refractivity contribution in [2.75, 3.05) is 21.1 Å². The van der Waals surface area contributed by atoms with E-state index in [0.717, 1.165) is 6.42 Å². The predicted octanol–water partition coefficient (Wildman–Crippen LogP) is 1.73. The van der Waals surface area contributed by atoms with Crippen molar-refractivity contribution in [2.24, 2.45) is 0 Å². The summed E-state index contributed by atoms with van der Waals surface area (Å²) >= 11 is 0. The summed E-state index contributed by atoms with van der Waals surface area (Å²) in [7, 11) is 5.78. The second kappa shape index (κ2) is 5.50. The summed E-state index contributed by atoms with van der Waals surface area (Å²) in [6, 6.07) is 0.696. The van der Waals surface area contributed by atoms with Gasteiger partial charge in [-0.25, -0.2) is 0 Å². The first-order chi connectivity index (χ1) is 7.07. The molecule has 3 heteroatoms. The van der Waals surface area contributed by atoms with Crippen molar-refractivity contribution in [1.82, 2.24) is 9.80 Å². The maximum Gasteiger partial charge on any atom is 0.239 e. The smallest absolute Gasteiger partial charge is 0.239 e. The molecule has 0 aromatic heterocycles. The molecule has 3 nitrogen and oxygen atoms in total. The van der Waals surface area contributed by atoms with Gasteiger partial charge in [0, 0.05) is 20.1 Å². The maximum absolute atomic E-state index is 12.0. The van der Waals surface area contributed by atoms with Crippen molar-refractivity contribution < 1.29 is 4.79 Å². The van der Waals surface area contributed by atoms with E-state index in [1.807, 2.05) is 14.1 Å². The molecule has 0 spiro atoms. The van der Waals surface area contributed by atoms with Crippen molar-refractivity contribution in [2.45, 2.75) is 51.1 Å². The molecule has 1 unspecified atom stereocenters. The van der Waals surface area contributed by atoms with Gasteiger partial charge in [0.25, 0.3) is 0 Å². The molecule has 15 heavy (non-hydrogen) atoms. The van der Waals surface area contributed by atoms with Gasteiger partial charge in [-0.2, -0.15) is 0 Å². The Balaban J connectivity index is 2.60. The molecule has 1 aliphatic carbocycles. The lowest BCUT2D eigenvalue weighted by atomic mass is 10.1. The quantitative estimate of drug-likeness (QED) is 0.708. The van der Waals surface area contributed by atoms with Crippen molar-refractivity contribution in [3.8, 4) is 0 Å². The molecule has 88 valence electrons. The van der Waals surface area contributed by atoms with Gasteiger partial charge in [-0.15, -0.1) is 0 Å². The van der Waals surface area contributed by atoms with E-state index < -0.39 is 0 Å². The van der Waals surface area contributed by atoms with Gasteiger partial charge in [0.05, 0.1) is 6.04 Å². The van der Waals surface area contributed by atoms with E-state index in [1.165, 1.54) is 25.7 Å². The third kappa shape index (κ3) is 2.94. The Morgan fingerprint density at radius 2 is 1.80 bits per heavy atom. The Kier molecular flexibility index (Phi) is 4.58. The zero-order valence-corrected chi connectivity index (χ0v) is 10.5. The summed E-state index contributed by atoms with van der Waals surface area (Å²) in [5.41, 5.74) is 0. The van der Waals surface area contributed by atoms with Crippen LogP contribution < -0.4 is 0 Å². The molecule has 0 aliphatic heterocycles. The van der Waals surface area contributed by atoms with Crippen LogP contribution in [0.2, 0.25) is 0 Å². The van der Waals surface area contributed by atoms with E-state index in [9.17, 15) is 4.79 Å². The molecule has 0 aromatic carbocycles. The molecular formula is C12H24N2O. The maximum atomic E-state index is 12.0. The highest BCUT2D eigenvalue weighted by molar-refractivity contribution is 5.81. The van der Waals surface area contributed by atoms with E-state index in [1.54, 1.807) is 4.90 Å². The number of rotatable bonds is 4. The van der Waals surface area contributed by atoms with Gasteiger partial charge < -0.3 is 4.90 Å². The SMILES string of the molecule is CCC(C(=O)N(C)C)N(C)C1CCCC1. The van der Waals surface area contributed by atoms with Gasteiger partial charge in [0.1, 0.15) is 0 Å². The number of hydrogen-bond donors (Lipinski definition) is 0. The van der Waals surface area contributed by atoms with Crippen LogP contribution in [-0.4, -0.2) is 48.9 Å². The van der Waals surface area contributed by atoms with Crippen LogP contribution in [0.15, 0.2) is 0 Å². The molecule has 0 bridgehead atoms. The topological polar surface area (TPSA) is 23.6 Å². The Hall–Kier alpha value is -0.570. The lowest BCUT2D eigenvalue weighted by molar-refractivity contribution is -0.134. The normalized spacial score (nSPS) is 19.5. The van der Waals surface area contributed by atoms with Crippen LogP contribution in [0.5, 0.6) is 0 Å².